The highest BCUT2D eigenvalue weighted by atomic mass is 19.2. The van der Waals surface area contributed by atoms with E-state index in [1.165, 1.54) is 6.07 Å². The molecule has 20 nitrogen and oxygen atoms in total. The van der Waals surface area contributed by atoms with Crippen molar-refractivity contribution in [3.8, 4) is 5.75 Å². The van der Waals surface area contributed by atoms with Crippen molar-refractivity contribution in [2.75, 3.05) is 157 Å². The van der Waals surface area contributed by atoms with Gasteiger partial charge in [0, 0.05) is 18.7 Å². The Morgan fingerprint density at radius 2 is 0.928 bits per heavy atom. The van der Waals surface area contributed by atoms with Crippen LogP contribution in [0.25, 0.3) is 0 Å². The van der Waals surface area contributed by atoms with Crippen LogP contribution < -0.4 is 15.4 Å². The number of esters is 1. The van der Waals surface area contributed by atoms with Crippen molar-refractivity contribution in [3.05, 3.63) is 58.4 Å². The highest BCUT2D eigenvalue weighted by molar-refractivity contribution is 6.25. The average Bonchev–Trinajstić information content (AvgIpc) is 3.59. The first-order valence-corrected chi connectivity index (χ1v) is 22.2. The number of benzene rings is 2. The molecular weight excluding hydrogens is 937 g/mol. The van der Waals surface area contributed by atoms with Crippen molar-refractivity contribution in [1.29, 1.82) is 0 Å². The fourth-order valence-corrected chi connectivity index (χ4v) is 6.22. The van der Waals surface area contributed by atoms with Gasteiger partial charge in [-0.2, -0.15) is 8.78 Å². The van der Waals surface area contributed by atoms with Gasteiger partial charge in [0.15, 0.2) is 0 Å². The number of hydrogen-bond donors (Lipinski definition) is 2. The van der Waals surface area contributed by atoms with Crippen LogP contribution in [0.15, 0.2) is 18.2 Å². The number of anilines is 1. The molecule has 0 saturated carbocycles. The number of carbonyl (C=O) groups is 5. The third-order valence-corrected chi connectivity index (χ3v) is 9.59. The van der Waals surface area contributed by atoms with Crippen molar-refractivity contribution >= 4 is 35.3 Å². The summed E-state index contributed by atoms with van der Waals surface area (Å²) in [6.45, 7) is 7.36. The number of fused-ring (bicyclic) bond motifs is 1. The molecule has 4 rings (SSSR count). The van der Waals surface area contributed by atoms with Crippen LogP contribution in [0, 0.1) is 29.1 Å². The number of carbonyl (C=O) groups excluding carboxylic acids is 5. The minimum absolute atomic E-state index is 0.0481. The van der Waals surface area contributed by atoms with Crippen LogP contribution in [0.1, 0.15) is 40.0 Å². The molecule has 0 radical (unpaired) electrons. The maximum atomic E-state index is 13.6. The van der Waals surface area contributed by atoms with E-state index < -0.39 is 76.9 Å². The van der Waals surface area contributed by atoms with Crippen LogP contribution >= 0.6 is 0 Å². The quantitative estimate of drug-likeness (QED) is 0.0187. The first kappa shape index (κ1) is 56.8. The molecule has 0 aromatic heterocycles. The summed E-state index contributed by atoms with van der Waals surface area (Å²) < 4.78 is 131. The van der Waals surface area contributed by atoms with Gasteiger partial charge in [-0.25, -0.2) is 13.2 Å². The second-order valence-electron chi connectivity index (χ2n) is 14.5. The van der Waals surface area contributed by atoms with Gasteiger partial charge in [-0.3, -0.25) is 34.2 Å². The Bertz CT molecular complexity index is 1910. The highest BCUT2D eigenvalue weighted by Gasteiger charge is 2.45. The lowest BCUT2D eigenvalue weighted by atomic mass is 10.0. The SMILES string of the molecule is O=C1CCC(N2C(=O)c3cccc(NCCOCCOCCOCCOCCOCCOCCOCCOCCOCCOCCOCCC(=O)Oc4c(F)c(F)c(F)c(F)c4F)c3C2=O)C(=O)N1. The van der Waals surface area contributed by atoms with Crippen molar-refractivity contribution in [1.82, 2.24) is 10.2 Å². The van der Waals surface area contributed by atoms with Crippen LogP contribution in [-0.4, -0.2) is 192 Å². The Hall–Kier alpha value is -4.80. The summed E-state index contributed by atoms with van der Waals surface area (Å²) in [6.07, 6.45) is -0.368. The van der Waals surface area contributed by atoms with E-state index in [0.717, 1.165) is 4.90 Å². The molecule has 2 aromatic carbocycles. The number of rotatable bonds is 39. The van der Waals surface area contributed by atoms with Gasteiger partial charge in [-0.15, -0.1) is 0 Å². The minimum Gasteiger partial charge on any atom is -0.420 e. The maximum absolute atomic E-state index is 13.6. The molecule has 1 unspecified atom stereocenters. The Morgan fingerprint density at radius 3 is 1.35 bits per heavy atom. The Morgan fingerprint density at radius 1 is 0.536 bits per heavy atom. The summed E-state index contributed by atoms with van der Waals surface area (Å²) in [6, 6.07) is 3.83. The molecule has 25 heteroatoms. The van der Waals surface area contributed by atoms with Crippen LogP contribution in [0.4, 0.5) is 27.6 Å². The molecule has 1 saturated heterocycles. The van der Waals surface area contributed by atoms with E-state index in [0.29, 0.717) is 125 Å². The summed E-state index contributed by atoms with van der Waals surface area (Å²) in [5.74, 6) is -16.5. The third-order valence-electron chi connectivity index (χ3n) is 9.59. The van der Waals surface area contributed by atoms with Gasteiger partial charge < -0.3 is 62.2 Å². The number of ether oxygens (including phenoxy) is 12. The van der Waals surface area contributed by atoms with E-state index in [1.807, 2.05) is 0 Å². The maximum Gasteiger partial charge on any atom is 0.313 e. The summed E-state index contributed by atoms with van der Waals surface area (Å²) in [4.78, 5) is 62.6. The molecule has 69 heavy (non-hydrogen) atoms. The molecule has 2 aromatic rings. The second kappa shape index (κ2) is 32.9. The molecule has 2 aliphatic rings. The number of imide groups is 2. The van der Waals surface area contributed by atoms with E-state index in [4.69, 9.17) is 52.1 Å². The number of piperidine rings is 1. The zero-order chi connectivity index (χ0) is 49.6. The fourth-order valence-electron chi connectivity index (χ4n) is 6.22. The normalized spacial score (nSPS) is 14.7. The number of halogens is 5. The lowest BCUT2D eigenvalue weighted by Crippen LogP contribution is -2.54. The van der Waals surface area contributed by atoms with E-state index in [2.05, 4.69) is 15.4 Å². The number of nitrogens with zero attached hydrogens (tertiary/aromatic N) is 1. The van der Waals surface area contributed by atoms with Crippen LogP contribution in [0.5, 0.6) is 5.75 Å². The number of nitrogens with one attached hydrogen (secondary N) is 2. The van der Waals surface area contributed by atoms with Crippen LogP contribution in [0.3, 0.4) is 0 Å². The lowest BCUT2D eigenvalue weighted by Gasteiger charge is -2.27. The van der Waals surface area contributed by atoms with Gasteiger partial charge in [0.2, 0.25) is 46.6 Å². The lowest BCUT2D eigenvalue weighted by molar-refractivity contribution is -0.137. The smallest absolute Gasteiger partial charge is 0.313 e. The molecule has 4 amide bonds. The Kier molecular flexibility index (Phi) is 27.1. The van der Waals surface area contributed by atoms with Crippen LogP contribution in [-0.2, 0) is 66.5 Å². The topological polar surface area (TPSA) is 223 Å². The second-order valence-corrected chi connectivity index (χ2v) is 14.5. The number of hydrogen-bond acceptors (Lipinski definition) is 18. The molecule has 0 aliphatic carbocycles. The van der Waals surface area contributed by atoms with Crippen molar-refractivity contribution in [2.45, 2.75) is 25.3 Å². The van der Waals surface area contributed by atoms with Gasteiger partial charge in [0.05, 0.1) is 163 Å². The third kappa shape index (κ3) is 19.9. The summed E-state index contributed by atoms with van der Waals surface area (Å²) in [5, 5.41) is 5.30. The predicted octanol–water partition coefficient (Wildman–Crippen LogP) is 2.37. The van der Waals surface area contributed by atoms with E-state index in [-0.39, 0.29) is 57.0 Å². The Balaban J connectivity index is 0.805. The van der Waals surface area contributed by atoms with Crippen LogP contribution in [0.2, 0.25) is 0 Å². The van der Waals surface area contributed by atoms with Gasteiger partial charge in [0.25, 0.3) is 11.8 Å². The average molecular weight is 996 g/mol. The highest BCUT2D eigenvalue weighted by Crippen LogP contribution is 2.32. The van der Waals surface area contributed by atoms with Gasteiger partial charge in [0.1, 0.15) is 6.04 Å². The molecular formula is C44H58F5N3O17. The first-order valence-electron chi connectivity index (χ1n) is 22.2. The molecule has 2 heterocycles. The van der Waals surface area contributed by atoms with Gasteiger partial charge in [-0.1, -0.05) is 6.07 Å². The Labute approximate surface area is 394 Å². The molecule has 2 aliphatic heterocycles. The standard InChI is InChI=1S/C44H58F5N3O17/c45-36-37(46)39(48)41(40(49)38(36)47)69-34(54)6-8-58-10-12-60-14-16-62-18-20-64-22-24-66-26-28-68-29-27-67-25-23-65-21-19-63-17-15-61-13-11-59-9-7-50-31-3-1-2-30-35(31)44(57)52(43(30)56)32-4-5-33(53)51-42(32)55/h1-3,32,50H,4-29H2,(H,51,53,55). The summed E-state index contributed by atoms with van der Waals surface area (Å²) in [5.41, 5.74) is 0.846. The molecule has 0 spiro atoms. The van der Waals surface area contributed by atoms with Crippen molar-refractivity contribution in [3.63, 3.8) is 0 Å². The van der Waals surface area contributed by atoms with Gasteiger partial charge in [-0.05, 0) is 18.6 Å². The monoisotopic (exact) mass is 995 g/mol. The molecule has 386 valence electrons. The molecule has 1 atom stereocenters. The minimum atomic E-state index is -2.36. The fraction of sp³-hybridized carbons (Fsp3) is 0.614. The summed E-state index contributed by atoms with van der Waals surface area (Å²) >= 11 is 0. The van der Waals surface area contributed by atoms with E-state index >= 15 is 0 Å². The zero-order valence-electron chi connectivity index (χ0n) is 38.0. The largest absolute Gasteiger partial charge is 0.420 e. The van der Waals surface area contributed by atoms with E-state index in [9.17, 15) is 45.9 Å². The zero-order valence-corrected chi connectivity index (χ0v) is 38.0. The molecule has 1 fully saturated rings. The molecule has 2 N–H and O–H groups in total. The molecule has 0 bridgehead atoms. The predicted molar refractivity (Wildman–Crippen MR) is 227 cm³/mol. The number of amides is 4. The first-order chi connectivity index (χ1) is 33.5. The summed E-state index contributed by atoms with van der Waals surface area (Å²) in [7, 11) is 0. The van der Waals surface area contributed by atoms with Gasteiger partial charge >= 0.3 is 5.97 Å². The van der Waals surface area contributed by atoms with E-state index in [1.54, 1.807) is 12.1 Å². The van der Waals surface area contributed by atoms with Crippen molar-refractivity contribution < 1.29 is 103 Å². The van der Waals surface area contributed by atoms with Crippen molar-refractivity contribution in [2.24, 2.45) is 0 Å².